The molecule has 38 heavy (non-hydrogen) atoms. The average Bonchev–Trinajstić information content (AvgIpc) is 3.43. The summed E-state index contributed by atoms with van der Waals surface area (Å²) in [5, 5.41) is 19.6. The Morgan fingerprint density at radius 1 is 0.789 bits per heavy atom. The van der Waals surface area contributed by atoms with Gasteiger partial charge < -0.3 is 14.9 Å². The van der Waals surface area contributed by atoms with Crippen LogP contribution in [0, 0.1) is 23.0 Å². The highest BCUT2D eigenvalue weighted by atomic mass is 19.1. The van der Waals surface area contributed by atoms with Gasteiger partial charge in [0.05, 0.1) is 30.0 Å². The quantitative estimate of drug-likeness (QED) is 0.285. The molecule has 1 aliphatic heterocycles. The van der Waals surface area contributed by atoms with Gasteiger partial charge in [0.25, 0.3) is 0 Å². The predicted molar refractivity (Wildman–Crippen MR) is 142 cm³/mol. The van der Waals surface area contributed by atoms with Crippen LogP contribution in [0.25, 0.3) is 0 Å². The van der Waals surface area contributed by atoms with Crippen molar-refractivity contribution in [1.82, 2.24) is 9.80 Å². The van der Waals surface area contributed by atoms with Crippen LogP contribution in [0.1, 0.15) is 40.3 Å². The molecule has 0 saturated heterocycles. The molecule has 0 aromatic heterocycles. The van der Waals surface area contributed by atoms with Gasteiger partial charge in [-0.3, -0.25) is 0 Å². The molecule has 0 amide bonds. The van der Waals surface area contributed by atoms with Crippen LogP contribution in [0.2, 0.25) is 0 Å². The van der Waals surface area contributed by atoms with Gasteiger partial charge >= 0.3 is 0 Å². The topological polar surface area (TPSA) is 50.5 Å². The Kier molecular flexibility index (Phi) is 7.21. The predicted octanol–water partition coefficient (Wildman–Crippen LogP) is 6.30. The highest BCUT2D eigenvalue weighted by molar-refractivity contribution is 5.50. The van der Waals surface area contributed by atoms with Gasteiger partial charge in [-0.1, -0.05) is 91.0 Å². The molecule has 0 saturated carbocycles. The van der Waals surface area contributed by atoms with Gasteiger partial charge in [0, 0.05) is 18.9 Å². The number of nitrogens with zero attached hydrogens (tertiary/aromatic N) is 3. The maximum Gasteiger partial charge on any atom is 0.133 e. The Balaban J connectivity index is 1.44. The molecule has 1 N–H and O–H groups in total. The summed E-state index contributed by atoms with van der Waals surface area (Å²) in [6.07, 6.45) is 2.75. The van der Waals surface area contributed by atoms with Gasteiger partial charge in [0.2, 0.25) is 0 Å². The first-order valence-corrected chi connectivity index (χ1v) is 12.5. The van der Waals surface area contributed by atoms with E-state index < -0.39 is 28.8 Å². The Labute approximate surface area is 221 Å². The molecule has 0 fully saturated rings. The van der Waals surface area contributed by atoms with E-state index in [1.807, 2.05) is 71.9 Å². The monoisotopic (exact) mass is 507 g/mol. The van der Waals surface area contributed by atoms with E-state index >= 15 is 0 Å². The maximum atomic E-state index is 14.4. The van der Waals surface area contributed by atoms with E-state index in [1.165, 1.54) is 0 Å². The van der Waals surface area contributed by atoms with Crippen molar-refractivity contribution in [3.05, 3.63) is 155 Å². The third kappa shape index (κ3) is 4.65. The zero-order valence-corrected chi connectivity index (χ0v) is 20.7. The molecule has 190 valence electrons. The number of hydrogen-bond acceptors (Lipinski definition) is 4. The molecular weight excluding hydrogens is 480 g/mol. The second-order valence-electron chi connectivity index (χ2n) is 9.30. The fourth-order valence-corrected chi connectivity index (χ4v) is 5.26. The van der Waals surface area contributed by atoms with Gasteiger partial charge in [-0.25, -0.2) is 8.78 Å². The zero-order valence-electron chi connectivity index (χ0n) is 20.7. The van der Waals surface area contributed by atoms with E-state index in [0.29, 0.717) is 13.2 Å². The highest BCUT2D eigenvalue weighted by Crippen LogP contribution is 2.43. The molecule has 4 aromatic rings. The molecule has 1 unspecified atom stereocenters. The summed E-state index contributed by atoms with van der Waals surface area (Å²) in [5.41, 5.74) is 2.16. The summed E-state index contributed by atoms with van der Waals surface area (Å²) in [6.45, 7) is 0.880. The minimum absolute atomic E-state index is 0.117. The number of nitriles is 1. The number of rotatable bonds is 8. The number of hydrogen-bond donors (Lipinski definition) is 1. The third-order valence-electron chi connectivity index (χ3n) is 7.03. The molecule has 5 rings (SSSR count). The molecule has 0 radical (unpaired) electrons. The SMILES string of the molecule is N#Cc1cc(F)c(C(O)CCN2C=CN(C(c3ccccc3)(c3ccccc3)c3ccccc3)C2)c(F)c1. The first-order valence-electron chi connectivity index (χ1n) is 12.5. The molecule has 0 spiro atoms. The second-order valence-corrected chi connectivity index (χ2v) is 9.30. The number of halogens is 2. The standard InChI is InChI=1S/C32H27F2N3O/c33-28-20-24(22-35)21-29(34)31(28)30(38)16-17-36-18-19-37(23-36)32(25-10-4-1-5-11-25,26-12-6-2-7-13-26)27-14-8-3-9-15-27/h1-15,18-21,30,38H,16-17,23H2. The summed E-state index contributed by atoms with van der Waals surface area (Å²) < 4.78 is 28.9. The van der Waals surface area contributed by atoms with Gasteiger partial charge in [-0.05, 0) is 35.2 Å². The Morgan fingerprint density at radius 3 is 1.71 bits per heavy atom. The van der Waals surface area contributed by atoms with Crippen molar-refractivity contribution in [3.63, 3.8) is 0 Å². The minimum Gasteiger partial charge on any atom is -0.388 e. The Morgan fingerprint density at radius 2 is 1.26 bits per heavy atom. The minimum atomic E-state index is -1.34. The molecule has 4 aromatic carbocycles. The van der Waals surface area contributed by atoms with Gasteiger partial charge in [-0.15, -0.1) is 0 Å². The van der Waals surface area contributed by atoms with E-state index in [1.54, 1.807) is 6.07 Å². The molecule has 0 bridgehead atoms. The van der Waals surface area contributed by atoms with Gasteiger partial charge in [0.15, 0.2) is 0 Å². The van der Waals surface area contributed by atoms with Crippen molar-refractivity contribution in [2.24, 2.45) is 0 Å². The van der Waals surface area contributed by atoms with Crippen LogP contribution in [0.4, 0.5) is 8.78 Å². The summed E-state index contributed by atoms with van der Waals surface area (Å²) >= 11 is 0. The van der Waals surface area contributed by atoms with Crippen LogP contribution < -0.4 is 0 Å². The van der Waals surface area contributed by atoms with Crippen LogP contribution in [-0.2, 0) is 5.54 Å². The molecule has 6 heteroatoms. The lowest BCUT2D eigenvalue weighted by Crippen LogP contribution is -2.46. The fraction of sp³-hybridized carbons (Fsp3) is 0.156. The van der Waals surface area contributed by atoms with Crippen molar-refractivity contribution in [1.29, 1.82) is 5.26 Å². The summed E-state index contributed by atoms with van der Waals surface area (Å²) in [6, 6.07) is 34.6. The van der Waals surface area contributed by atoms with Crippen molar-refractivity contribution in [3.8, 4) is 6.07 Å². The first-order chi connectivity index (χ1) is 18.5. The lowest BCUT2D eigenvalue weighted by molar-refractivity contribution is 0.129. The summed E-state index contributed by atoms with van der Waals surface area (Å²) in [5.74, 6) is -1.83. The van der Waals surface area contributed by atoms with Crippen LogP contribution in [0.5, 0.6) is 0 Å². The van der Waals surface area contributed by atoms with E-state index in [0.717, 1.165) is 28.8 Å². The molecular formula is C32H27F2N3O. The highest BCUT2D eigenvalue weighted by Gasteiger charge is 2.42. The van der Waals surface area contributed by atoms with Gasteiger partial charge in [0.1, 0.15) is 17.2 Å². The molecule has 4 nitrogen and oxygen atoms in total. The van der Waals surface area contributed by atoms with E-state index in [4.69, 9.17) is 5.26 Å². The normalized spacial score (nSPS) is 13.9. The van der Waals surface area contributed by atoms with Crippen LogP contribution >= 0.6 is 0 Å². The molecule has 1 aliphatic rings. The van der Waals surface area contributed by atoms with Crippen LogP contribution in [0.3, 0.4) is 0 Å². The van der Waals surface area contributed by atoms with Crippen molar-refractivity contribution >= 4 is 0 Å². The van der Waals surface area contributed by atoms with E-state index in [2.05, 4.69) is 41.3 Å². The van der Waals surface area contributed by atoms with Crippen molar-refractivity contribution in [2.75, 3.05) is 13.2 Å². The molecule has 0 aliphatic carbocycles. The van der Waals surface area contributed by atoms with E-state index in [9.17, 15) is 13.9 Å². The zero-order chi connectivity index (χ0) is 26.5. The number of benzene rings is 4. The van der Waals surface area contributed by atoms with Gasteiger partial charge in [-0.2, -0.15) is 5.26 Å². The van der Waals surface area contributed by atoms with Crippen LogP contribution in [-0.4, -0.2) is 28.1 Å². The first kappa shape index (κ1) is 25.2. The van der Waals surface area contributed by atoms with E-state index in [-0.39, 0.29) is 12.0 Å². The second kappa shape index (κ2) is 10.9. The maximum absolute atomic E-state index is 14.4. The molecule has 1 atom stereocenters. The van der Waals surface area contributed by atoms with Crippen molar-refractivity contribution < 1.29 is 13.9 Å². The lowest BCUT2D eigenvalue weighted by Gasteiger charge is -2.44. The Hall–Kier alpha value is -4.47. The largest absolute Gasteiger partial charge is 0.388 e. The summed E-state index contributed by atoms with van der Waals surface area (Å²) in [4.78, 5) is 4.27. The third-order valence-corrected chi connectivity index (χ3v) is 7.03. The van der Waals surface area contributed by atoms with Crippen LogP contribution in [0.15, 0.2) is 116 Å². The Bertz CT molecular complexity index is 1330. The number of aliphatic hydroxyl groups excluding tert-OH is 1. The fourth-order valence-electron chi connectivity index (χ4n) is 5.26. The molecule has 1 heterocycles. The lowest BCUT2D eigenvalue weighted by atomic mass is 9.76. The average molecular weight is 508 g/mol. The smallest absolute Gasteiger partial charge is 0.133 e. The van der Waals surface area contributed by atoms with Crippen molar-refractivity contribution in [2.45, 2.75) is 18.1 Å². The summed E-state index contributed by atoms with van der Waals surface area (Å²) in [7, 11) is 0. The number of aliphatic hydroxyl groups is 1.